The molecule has 4 aliphatic rings. The van der Waals surface area contributed by atoms with Gasteiger partial charge < -0.3 is 25.6 Å². The van der Waals surface area contributed by atoms with E-state index < -0.39 is 6.09 Å². The lowest BCUT2D eigenvalue weighted by Crippen LogP contribution is -2.49. The van der Waals surface area contributed by atoms with Crippen LogP contribution in [0.15, 0.2) is 21.9 Å². The first-order valence-electron chi connectivity index (χ1n) is 11.9. The first kappa shape index (κ1) is 25.5. The second-order valence-corrected chi connectivity index (χ2v) is 10.3. The molecule has 184 valence electrons. The third-order valence-electron chi connectivity index (χ3n) is 6.40. The monoisotopic (exact) mass is 478 g/mol. The van der Waals surface area contributed by atoms with E-state index in [1.807, 2.05) is 11.8 Å². The Morgan fingerprint density at radius 1 is 1.15 bits per heavy atom. The fourth-order valence-electron chi connectivity index (χ4n) is 4.59. The van der Waals surface area contributed by atoms with Gasteiger partial charge in [0, 0.05) is 54.8 Å². The van der Waals surface area contributed by atoms with E-state index in [9.17, 15) is 14.4 Å². The predicted molar refractivity (Wildman–Crippen MR) is 130 cm³/mol. The van der Waals surface area contributed by atoms with Gasteiger partial charge in [-0.3, -0.25) is 9.59 Å². The Kier molecular flexibility index (Phi) is 8.37. The molecule has 2 bridgehead atoms. The molecule has 9 heteroatoms. The maximum absolute atomic E-state index is 13.5. The molecule has 0 aliphatic heterocycles. The van der Waals surface area contributed by atoms with Crippen LogP contribution in [0, 0.1) is 17.8 Å². The number of ether oxygens (including phenoxy) is 1. The number of carbonyl (C=O) groups excluding carboxylic acids is 3. The Bertz CT molecular complexity index is 849. The fourth-order valence-corrected chi connectivity index (χ4v) is 5.53. The van der Waals surface area contributed by atoms with Crippen LogP contribution >= 0.6 is 11.8 Å². The molecule has 8 nitrogen and oxygen atoms in total. The zero-order valence-electron chi connectivity index (χ0n) is 20.6. The molecule has 0 aromatic heterocycles. The molecule has 0 saturated heterocycles. The molecule has 0 radical (unpaired) electrons. The summed E-state index contributed by atoms with van der Waals surface area (Å²) in [4.78, 5) is 40.0. The van der Waals surface area contributed by atoms with E-state index >= 15 is 0 Å². The average Bonchev–Trinajstić information content (AvgIpc) is 3.56. The van der Waals surface area contributed by atoms with Crippen molar-refractivity contribution >= 4 is 29.7 Å². The third-order valence-corrected chi connectivity index (χ3v) is 7.41. The Labute approximate surface area is 201 Å². The number of thioether (sulfide) groups is 1. The lowest BCUT2D eigenvalue weighted by molar-refractivity contribution is -0.134. The summed E-state index contributed by atoms with van der Waals surface area (Å²) in [6, 6.07) is 0.249. The van der Waals surface area contributed by atoms with E-state index in [0.29, 0.717) is 24.9 Å². The molecule has 1 saturated carbocycles. The van der Waals surface area contributed by atoms with Crippen molar-refractivity contribution in [3.63, 3.8) is 0 Å². The minimum absolute atomic E-state index is 0.0399. The van der Waals surface area contributed by atoms with Crippen molar-refractivity contribution in [1.29, 1.82) is 0 Å². The minimum Gasteiger partial charge on any atom is -0.447 e. The largest absolute Gasteiger partial charge is 0.447 e. The molecule has 3 amide bonds. The zero-order valence-corrected chi connectivity index (χ0v) is 21.4. The van der Waals surface area contributed by atoms with E-state index in [1.54, 1.807) is 25.6 Å². The van der Waals surface area contributed by atoms with Gasteiger partial charge in [-0.25, -0.2) is 4.79 Å². The summed E-state index contributed by atoms with van der Waals surface area (Å²) >= 11 is 1.76. The SMILES string of the molecule is CSC1=C(NCCNC(C)=O)C2=C(N(C(=O)[C@@H](C)CNC(=O)OC(C)C)C3CC3)C(C2)[C@@H]1C. The normalized spacial score (nSPS) is 22.5. The van der Waals surface area contributed by atoms with E-state index in [1.165, 1.54) is 17.4 Å². The molecule has 0 aromatic carbocycles. The van der Waals surface area contributed by atoms with Gasteiger partial charge in [0.05, 0.1) is 12.0 Å². The summed E-state index contributed by atoms with van der Waals surface area (Å²) in [5.41, 5.74) is 3.51. The highest BCUT2D eigenvalue weighted by molar-refractivity contribution is 8.02. The Hall–Kier alpha value is -2.16. The molecule has 1 unspecified atom stereocenters. The van der Waals surface area contributed by atoms with Gasteiger partial charge in [-0.2, -0.15) is 0 Å². The number of hydrogen-bond donors (Lipinski definition) is 3. The van der Waals surface area contributed by atoms with Gasteiger partial charge >= 0.3 is 6.09 Å². The van der Waals surface area contributed by atoms with Gasteiger partial charge in [0.25, 0.3) is 0 Å². The van der Waals surface area contributed by atoms with Crippen LogP contribution < -0.4 is 16.0 Å². The number of carbonyl (C=O) groups is 3. The van der Waals surface area contributed by atoms with Crippen LogP contribution in [0.4, 0.5) is 4.79 Å². The standard InChI is InChI=1S/C24H38N4O4S/c1-13(2)32-24(31)27-12-14(3)23(30)28(17-7-8-17)21-18-11-19(21)20(22(33-6)15(18)4)26-10-9-25-16(5)29/h13-15,17-18,26H,7-12H2,1-6H3,(H,25,29)(H,27,31)/t14-,15-,18?/m0/s1. The summed E-state index contributed by atoms with van der Waals surface area (Å²) in [5, 5.41) is 9.10. The fraction of sp³-hybridized carbons (Fsp3) is 0.708. The average molecular weight is 479 g/mol. The van der Waals surface area contributed by atoms with E-state index in [-0.39, 0.29) is 36.4 Å². The van der Waals surface area contributed by atoms with Crippen LogP contribution in [0.1, 0.15) is 53.9 Å². The van der Waals surface area contributed by atoms with Gasteiger partial charge in [0.2, 0.25) is 11.8 Å². The zero-order chi connectivity index (χ0) is 24.3. The second kappa shape index (κ2) is 10.8. The number of fused-ring (bicyclic) bond motifs is 1. The second-order valence-electron chi connectivity index (χ2n) is 9.49. The first-order chi connectivity index (χ1) is 15.6. The molecule has 3 atom stereocenters. The van der Waals surface area contributed by atoms with Crippen LogP contribution in [-0.2, 0) is 14.3 Å². The highest BCUT2D eigenvalue weighted by Crippen LogP contribution is 2.56. The molecule has 0 aromatic rings. The quantitative estimate of drug-likeness (QED) is 0.395. The summed E-state index contributed by atoms with van der Waals surface area (Å²) in [6.45, 7) is 10.7. The summed E-state index contributed by atoms with van der Waals surface area (Å²) < 4.78 is 5.13. The third kappa shape index (κ3) is 5.86. The highest BCUT2D eigenvalue weighted by Gasteiger charge is 2.50. The summed E-state index contributed by atoms with van der Waals surface area (Å²) in [7, 11) is 0. The van der Waals surface area contributed by atoms with Crippen molar-refractivity contribution in [2.24, 2.45) is 17.8 Å². The number of hydrogen-bond acceptors (Lipinski definition) is 6. The molecular weight excluding hydrogens is 440 g/mol. The minimum atomic E-state index is -0.489. The van der Waals surface area contributed by atoms with Crippen molar-refractivity contribution in [2.75, 3.05) is 25.9 Å². The number of rotatable bonds is 11. The molecular formula is C24H38N4O4S. The van der Waals surface area contributed by atoms with Crippen molar-refractivity contribution in [1.82, 2.24) is 20.9 Å². The summed E-state index contributed by atoms with van der Waals surface area (Å²) in [6.07, 6.45) is 4.41. The van der Waals surface area contributed by atoms with Crippen LogP contribution in [0.25, 0.3) is 0 Å². The molecule has 4 rings (SSSR count). The number of amides is 3. The molecule has 4 aliphatic carbocycles. The number of allylic oxidation sites excluding steroid dienone is 3. The predicted octanol–water partition coefficient (Wildman–Crippen LogP) is 2.97. The molecule has 1 fully saturated rings. The number of alkyl carbamates (subject to hydrolysis) is 1. The van der Waals surface area contributed by atoms with Crippen LogP contribution in [0.5, 0.6) is 0 Å². The van der Waals surface area contributed by atoms with Gasteiger partial charge in [-0.05, 0) is 50.9 Å². The van der Waals surface area contributed by atoms with E-state index in [4.69, 9.17) is 4.74 Å². The molecule has 3 N–H and O–H groups in total. The van der Waals surface area contributed by atoms with Crippen LogP contribution in [0.3, 0.4) is 0 Å². The Morgan fingerprint density at radius 2 is 1.85 bits per heavy atom. The topological polar surface area (TPSA) is 99.8 Å². The van der Waals surface area contributed by atoms with Crippen molar-refractivity contribution < 1.29 is 19.1 Å². The number of nitrogens with zero attached hydrogens (tertiary/aromatic N) is 1. The summed E-state index contributed by atoms with van der Waals surface area (Å²) in [5.74, 6) is 0.368. The highest BCUT2D eigenvalue weighted by atomic mass is 32.2. The van der Waals surface area contributed by atoms with Crippen molar-refractivity contribution in [3.8, 4) is 0 Å². The van der Waals surface area contributed by atoms with E-state index in [0.717, 1.165) is 30.7 Å². The Morgan fingerprint density at radius 3 is 2.42 bits per heavy atom. The van der Waals surface area contributed by atoms with Gasteiger partial charge in [0.1, 0.15) is 0 Å². The number of nitrogens with one attached hydrogen (secondary N) is 3. The molecule has 33 heavy (non-hydrogen) atoms. The van der Waals surface area contributed by atoms with Gasteiger partial charge in [-0.15, -0.1) is 11.8 Å². The van der Waals surface area contributed by atoms with Gasteiger partial charge in [-0.1, -0.05) is 13.8 Å². The lowest BCUT2D eigenvalue weighted by Gasteiger charge is -2.49. The van der Waals surface area contributed by atoms with E-state index in [2.05, 4.69) is 29.1 Å². The first-order valence-corrected chi connectivity index (χ1v) is 13.2. The van der Waals surface area contributed by atoms with Crippen LogP contribution in [-0.4, -0.2) is 60.8 Å². The maximum atomic E-state index is 13.5. The van der Waals surface area contributed by atoms with Crippen molar-refractivity contribution in [2.45, 2.75) is 66.0 Å². The molecule has 0 heterocycles. The van der Waals surface area contributed by atoms with Crippen LogP contribution in [0.2, 0.25) is 0 Å². The smallest absolute Gasteiger partial charge is 0.407 e. The Balaban J connectivity index is 1.76. The molecule has 0 spiro atoms. The van der Waals surface area contributed by atoms with Gasteiger partial charge in [0.15, 0.2) is 0 Å². The van der Waals surface area contributed by atoms with Crippen molar-refractivity contribution in [3.05, 3.63) is 21.9 Å². The maximum Gasteiger partial charge on any atom is 0.407 e. The lowest BCUT2D eigenvalue weighted by atomic mass is 9.67.